The summed E-state index contributed by atoms with van der Waals surface area (Å²) in [5.41, 5.74) is 0. The molecular weight excluding hydrogens is 240 g/mol. The summed E-state index contributed by atoms with van der Waals surface area (Å²) in [5, 5.41) is 2.56. The number of sulfonamides is 1. The van der Waals surface area contributed by atoms with Crippen molar-refractivity contribution in [3.05, 3.63) is 0 Å². The molecule has 102 valence electrons. The van der Waals surface area contributed by atoms with Crippen LogP contribution in [-0.4, -0.2) is 26.2 Å². The van der Waals surface area contributed by atoms with Crippen LogP contribution in [0, 0.1) is 0 Å². The Morgan fingerprint density at radius 1 is 1.18 bits per heavy atom. The van der Waals surface area contributed by atoms with E-state index in [1.807, 2.05) is 18.6 Å². The molecule has 0 aliphatic heterocycles. The summed E-state index contributed by atoms with van der Waals surface area (Å²) in [5.74, 6) is 0.0148. The molecule has 0 fully saturated rings. The number of hydrogen-bond acceptors (Lipinski definition) is 3. The maximum absolute atomic E-state index is 11.5. The molecule has 0 radical (unpaired) electrons. The Bertz CT molecular complexity index is 315. The van der Waals surface area contributed by atoms with Crippen LogP contribution in [0.1, 0.15) is 52.9 Å². The first kappa shape index (κ1) is 16.2. The lowest BCUT2D eigenvalue weighted by Gasteiger charge is -2.12. The molecule has 5 nitrogen and oxygen atoms in total. The van der Waals surface area contributed by atoms with Gasteiger partial charge in [-0.1, -0.05) is 33.1 Å². The standard InChI is InChI=1S/C11H24N2O3S/c1-4-6-7-8-9-17(15,16)13-11(14)12-10(3)5-2/h10H,4-9H2,1-3H3,(H2,12,13,14). The molecule has 1 unspecified atom stereocenters. The smallest absolute Gasteiger partial charge is 0.328 e. The third kappa shape index (κ3) is 8.97. The van der Waals surface area contributed by atoms with Crippen molar-refractivity contribution in [2.24, 2.45) is 0 Å². The van der Waals surface area contributed by atoms with Crippen molar-refractivity contribution in [1.29, 1.82) is 0 Å². The highest BCUT2D eigenvalue weighted by Crippen LogP contribution is 2.01. The average Bonchev–Trinajstić information content (AvgIpc) is 2.23. The summed E-state index contributed by atoms with van der Waals surface area (Å²) >= 11 is 0. The number of hydrogen-bond donors (Lipinski definition) is 2. The van der Waals surface area contributed by atoms with Gasteiger partial charge >= 0.3 is 6.03 Å². The fourth-order valence-corrected chi connectivity index (χ4v) is 2.29. The van der Waals surface area contributed by atoms with Crippen molar-refractivity contribution in [3.8, 4) is 0 Å². The first-order valence-electron chi connectivity index (χ1n) is 6.22. The fraction of sp³-hybridized carbons (Fsp3) is 0.909. The molecule has 0 aliphatic carbocycles. The van der Waals surface area contributed by atoms with Gasteiger partial charge in [0.05, 0.1) is 5.75 Å². The molecule has 0 aromatic carbocycles. The maximum atomic E-state index is 11.5. The summed E-state index contributed by atoms with van der Waals surface area (Å²) in [6.07, 6.45) is 4.32. The largest absolute Gasteiger partial charge is 0.335 e. The Morgan fingerprint density at radius 3 is 2.35 bits per heavy atom. The van der Waals surface area contributed by atoms with Gasteiger partial charge in [0.15, 0.2) is 0 Å². The number of carbonyl (C=O) groups is 1. The van der Waals surface area contributed by atoms with Crippen LogP contribution < -0.4 is 10.0 Å². The van der Waals surface area contributed by atoms with Gasteiger partial charge in [0.1, 0.15) is 0 Å². The molecular formula is C11H24N2O3S. The second kappa shape index (κ2) is 8.33. The minimum atomic E-state index is -3.48. The van der Waals surface area contributed by atoms with Gasteiger partial charge in [0, 0.05) is 6.04 Å². The van der Waals surface area contributed by atoms with Crippen LogP contribution in [0.3, 0.4) is 0 Å². The number of unbranched alkanes of at least 4 members (excludes halogenated alkanes) is 3. The second-order valence-corrected chi connectivity index (χ2v) is 6.11. The molecule has 0 spiro atoms. The van der Waals surface area contributed by atoms with E-state index in [0.717, 1.165) is 25.7 Å². The minimum absolute atomic E-state index is 0.0148. The molecule has 0 heterocycles. The number of carbonyl (C=O) groups excluding carboxylic acids is 1. The van der Waals surface area contributed by atoms with Gasteiger partial charge in [-0.3, -0.25) is 0 Å². The van der Waals surface area contributed by atoms with E-state index in [9.17, 15) is 13.2 Å². The van der Waals surface area contributed by atoms with Crippen LogP contribution in [-0.2, 0) is 10.0 Å². The lowest BCUT2D eigenvalue weighted by molar-refractivity contribution is 0.242. The van der Waals surface area contributed by atoms with Crippen LogP contribution in [0.4, 0.5) is 4.79 Å². The third-order valence-electron chi connectivity index (χ3n) is 2.50. The molecule has 0 bridgehead atoms. The molecule has 1 atom stereocenters. The summed E-state index contributed by atoms with van der Waals surface area (Å²) < 4.78 is 25.0. The lowest BCUT2D eigenvalue weighted by Crippen LogP contribution is -2.44. The minimum Gasteiger partial charge on any atom is -0.335 e. The quantitative estimate of drug-likeness (QED) is 0.658. The SMILES string of the molecule is CCCCCCS(=O)(=O)NC(=O)NC(C)CC. The van der Waals surface area contributed by atoms with E-state index in [1.54, 1.807) is 0 Å². The van der Waals surface area contributed by atoms with Crippen molar-refractivity contribution in [2.45, 2.75) is 58.9 Å². The van der Waals surface area contributed by atoms with Crippen LogP contribution >= 0.6 is 0 Å². The summed E-state index contributed by atoms with van der Waals surface area (Å²) in [6, 6.07) is -0.653. The maximum Gasteiger partial charge on any atom is 0.328 e. The van der Waals surface area contributed by atoms with Crippen molar-refractivity contribution >= 4 is 16.1 Å². The zero-order valence-corrected chi connectivity index (χ0v) is 11.8. The van der Waals surface area contributed by atoms with E-state index < -0.39 is 16.1 Å². The van der Waals surface area contributed by atoms with Crippen molar-refractivity contribution in [3.63, 3.8) is 0 Å². The molecule has 0 saturated carbocycles. The lowest BCUT2D eigenvalue weighted by atomic mass is 10.2. The van der Waals surface area contributed by atoms with Crippen LogP contribution in [0.25, 0.3) is 0 Å². The highest BCUT2D eigenvalue weighted by atomic mass is 32.2. The number of nitrogens with one attached hydrogen (secondary N) is 2. The van der Waals surface area contributed by atoms with Gasteiger partial charge < -0.3 is 5.32 Å². The molecule has 0 aromatic heterocycles. The second-order valence-electron chi connectivity index (χ2n) is 4.26. The highest BCUT2D eigenvalue weighted by molar-refractivity contribution is 7.90. The van der Waals surface area contributed by atoms with Crippen LogP contribution in [0.2, 0.25) is 0 Å². The fourth-order valence-electron chi connectivity index (χ4n) is 1.27. The molecule has 0 aliphatic rings. The van der Waals surface area contributed by atoms with Gasteiger partial charge in [-0.05, 0) is 19.8 Å². The van der Waals surface area contributed by atoms with E-state index >= 15 is 0 Å². The normalized spacial score (nSPS) is 13.1. The molecule has 0 aromatic rings. The number of amides is 2. The first-order valence-corrected chi connectivity index (χ1v) is 7.87. The van der Waals surface area contributed by atoms with Gasteiger partial charge in [-0.25, -0.2) is 17.9 Å². The van der Waals surface area contributed by atoms with Gasteiger partial charge in [-0.15, -0.1) is 0 Å². The summed E-state index contributed by atoms with van der Waals surface area (Å²) in [6.45, 7) is 5.81. The zero-order chi connectivity index (χ0) is 13.3. The average molecular weight is 264 g/mol. The molecule has 2 N–H and O–H groups in total. The predicted octanol–water partition coefficient (Wildman–Crippen LogP) is 1.99. The molecule has 0 saturated heterocycles. The number of rotatable bonds is 8. The third-order valence-corrected chi connectivity index (χ3v) is 3.83. The summed E-state index contributed by atoms with van der Waals surface area (Å²) in [7, 11) is -3.48. The van der Waals surface area contributed by atoms with Gasteiger partial charge in [0.2, 0.25) is 10.0 Å². The number of urea groups is 1. The molecule has 17 heavy (non-hydrogen) atoms. The zero-order valence-electron chi connectivity index (χ0n) is 11.0. The van der Waals surface area contributed by atoms with Gasteiger partial charge in [0.25, 0.3) is 0 Å². The van der Waals surface area contributed by atoms with Crippen molar-refractivity contribution < 1.29 is 13.2 Å². The predicted molar refractivity (Wildman–Crippen MR) is 69.3 cm³/mol. The Kier molecular flexibility index (Phi) is 7.95. The Labute approximate surface area is 104 Å². The van der Waals surface area contributed by atoms with Crippen molar-refractivity contribution in [1.82, 2.24) is 10.0 Å². The first-order chi connectivity index (χ1) is 7.91. The Hall–Kier alpha value is -0.780. The monoisotopic (exact) mass is 264 g/mol. The van der Waals surface area contributed by atoms with E-state index in [4.69, 9.17) is 0 Å². The molecule has 6 heteroatoms. The van der Waals surface area contributed by atoms with Gasteiger partial charge in [-0.2, -0.15) is 0 Å². The molecule has 2 amide bonds. The van der Waals surface area contributed by atoms with E-state index in [0.29, 0.717) is 6.42 Å². The van der Waals surface area contributed by atoms with Crippen molar-refractivity contribution in [2.75, 3.05) is 5.75 Å². The van der Waals surface area contributed by atoms with E-state index in [2.05, 4.69) is 12.2 Å². The van der Waals surface area contributed by atoms with E-state index in [1.165, 1.54) is 0 Å². The van der Waals surface area contributed by atoms with E-state index in [-0.39, 0.29) is 11.8 Å². The Morgan fingerprint density at radius 2 is 1.82 bits per heavy atom. The van der Waals surface area contributed by atoms with Crippen LogP contribution in [0.5, 0.6) is 0 Å². The summed E-state index contributed by atoms with van der Waals surface area (Å²) in [4.78, 5) is 11.3. The molecule has 0 rings (SSSR count). The topological polar surface area (TPSA) is 75.3 Å². The highest BCUT2D eigenvalue weighted by Gasteiger charge is 2.14. The van der Waals surface area contributed by atoms with Crippen LogP contribution in [0.15, 0.2) is 0 Å². The Balaban J connectivity index is 3.95.